The van der Waals surface area contributed by atoms with Crippen molar-refractivity contribution in [1.82, 2.24) is 0 Å². The van der Waals surface area contributed by atoms with Gasteiger partial charge in [-0.3, -0.25) is 14.5 Å². The third kappa shape index (κ3) is 4.40. The molecule has 3 heterocycles. The molecule has 3 aliphatic rings. The summed E-state index contributed by atoms with van der Waals surface area (Å²) in [6, 6.07) is 12.8. The number of hydrogen-bond donors (Lipinski definition) is 1. The Morgan fingerprint density at radius 3 is 2.66 bits per heavy atom. The predicted molar refractivity (Wildman–Crippen MR) is 130 cm³/mol. The fourth-order valence-electron chi connectivity index (χ4n) is 5.84. The van der Waals surface area contributed by atoms with Crippen molar-refractivity contribution in [3.05, 3.63) is 70.7 Å². The first-order valence-electron chi connectivity index (χ1n) is 12.1. The monoisotopic (exact) mass is 477 g/mol. The molecule has 184 valence electrons. The van der Waals surface area contributed by atoms with Crippen LogP contribution in [0.5, 0.6) is 0 Å². The lowest BCUT2D eigenvalue weighted by Crippen LogP contribution is -2.35. The average molecular weight is 478 g/mol. The van der Waals surface area contributed by atoms with E-state index in [-0.39, 0.29) is 42.3 Å². The Hall–Kier alpha value is -3.00. The Kier molecular flexibility index (Phi) is 6.73. The van der Waals surface area contributed by atoms with Crippen molar-refractivity contribution < 1.29 is 28.6 Å². The highest BCUT2D eigenvalue weighted by Crippen LogP contribution is 2.50. The van der Waals surface area contributed by atoms with Crippen molar-refractivity contribution in [3.8, 4) is 0 Å². The molecule has 2 aromatic rings. The largest absolute Gasteiger partial charge is 0.459 e. The molecule has 1 aromatic carbocycles. The van der Waals surface area contributed by atoms with Gasteiger partial charge in [-0.05, 0) is 67.7 Å². The first kappa shape index (κ1) is 23.7. The molecule has 0 radical (unpaired) electrons. The number of methoxy groups -OCH3 is 1. The minimum atomic E-state index is -0.389. The fraction of sp³-hybridized carbons (Fsp3) is 0.429. The second kappa shape index (κ2) is 9.93. The van der Waals surface area contributed by atoms with E-state index in [1.165, 1.54) is 4.90 Å². The number of benzene rings is 1. The van der Waals surface area contributed by atoms with Crippen molar-refractivity contribution in [3.63, 3.8) is 0 Å². The SMILES string of the molecule is COCC1=C2[C@@H](CC/C(C)=C/c3ccc(CO)o3)OC[C@@H]2[C@@H]2C(=O)N(c3ccccc3)C(=O)[C@@H]2C1. The second-order valence-corrected chi connectivity index (χ2v) is 9.60. The van der Waals surface area contributed by atoms with Crippen molar-refractivity contribution >= 4 is 23.6 Å². The van der Waals surface area contributed by atoms with Crippen LogP contribution in [0.15, 0.2) is 63.6 Å². The molecule has 2 amide bonds. The lowest BCUT2D eigenvalue weighted by atomic mass is 9.69. The summed E-state index contributed by atoms with van der Waals surface area (Å²) in [7, 11) is 1.66. The third-order valence-electron chi connectivity index (χ3n) is 7.37. The standard InChI is InChI=1S/C28H31NO6/c1-17(12-20-9-10-21(14-30)35-20)8-11-24-25-18(15-33-2)13-22-26(23(25)16-34-24)28(32)29(27(22)31)19-6-4-3-5-7-19/h3-7,9-10,12,22-24,26,30H,8,11,13-16H2,1-2H3/b17-12+/t22-,23+,24-,26-/m1/s1. The van der Waals surface area contributed by atoms with Gasteiger partial charge in [-0.15, -0.1) is 0 Å². The van der Waals surface area contributed by atoms with Crippen molar-refractivity contribution in [2.24, 2.45) is 17.8 Å². The number of carbonyl (C=O) groups is 2. The van der Waals surface area contributed by atoms with Crippen LogP contribution in [0.1, 0.15) is 37.7 Å². The van der Waals surface area contributed by atoms with Crippen LogP contribution in [0.25, 0.3) is 6.08 Å². The Morgan fingerprint density at radius 1 is 1.14 bits per heavy atom. The number of rotatable bonds is 8. The van der Waals surface area contributed by atoms with Gasteiger partial charge < -0.3 is 19.0 Å². The highest BCUT2D eigenvalue weighted by Gasteiger charge is 2.57. The number of furan rings is 1. The molecule has 2 saturated heterocycles. The molecular weight excluding hydrogens is 446 g/mol. The van der Waals surface area contributed by atoms with Crippen LogP contribution in [0.2, 0.25) is 0 Å². The predicted octanol–water partition coefficient (Wildman–Crippen LogP) is 4.12. The number of fused-ring (bicyclic) bond motifs is 3. The molecule has 4 atom stereocenters. The summed E-state index contributed by atoms with van der Waals surface area (Å²) in [6.45, 7) is 2.81. The van der Waals surface area contributed by atoms with E-state index in [1.807, 2.05) is 49.4 Å². The number of ether oxygens (including phenoxy) is 2. The summed E-state index contributed by atoms with van der Waals surface area (Å²) in [4.78, 5) is 28.2. The minimum Gasteiger partial charge on any atom is -0.459 e. The molecule has 0 unspecified atom stereocenters. The van der Waals surface area contributed by atoms with Gasteiger partial charge in [0.25, 0.3) is 0 Å². The Bertz CT molecular complexity index is 1160. The molecule has 0 bridgehead atoms. The van der Waals surface area contributed by atoms with E-state index in [0.29, 0.717) is 36.8 Å². The first-order chi connectivity index (χ1) is 17.0. The van der Waals surface area contributed by atoms with Gasteiger partial charge in [0.1, 0.15) is 18.1 Å². The summed E-state index contributed by atoms with van der Waals surface area (Å²) in [5.74, 6) is 0.149. The normalized spacial score (nSPS) is 26.5. The van der Waals surface area contributed by atoms with E-state index in [2.05, 4.69) is 0 Å². The summed E-state index contributed by atoms with van der Waals surface area (Å²) in [5, 5.41) is 9.20. The summed E-state index contributed by atoms with van der Waals surface area (Å²) in [5.41, 5.74) is 4.01. The summed E-state index contributed by atoms with van der Waals surface area (Å²) < 4.78 is 17.3. The van der Waals surface area contributed by atoms with Gasteiger partial charge in [-0.2, -0.15) is 0 Å². The molecule has 2 aliphatic heterocycles. The van der Waals surface area contributed by atoms with E-state index in [4.69, 9.17) is 13.9 Å². The molecule has 1 aromatic heterocycles. The van der Waals surface area contributed by atoms with Crippen LogP contribution in [-0.4, -0.2) is 43.3 Å². The maximum atomic E-state index is 13.5. The number of amides is 2. The van der Waals surface area contributed by atoms with Crippen molar-refractivity contribution in [2.45, 2.75) is 38.9 Å². The molecule has 7 heteroatoms. The molecule has 7 nitrogen and oxygen atoms in total. The molecule has 1 aliphatic carbocycles. The molecule has 0 saturated carbocycles. The number of aliphatic hydroxyl groups is 1. The van der Waals surface area contributed by atoms with E-state index in [1.54, 1.807) is 13.2 Å². The lowest BCUT2D eigenvalue weighted by Gasteiger charge is -2.31. The maximum Gasteiger partial charge on any atom is 0.238 e. The molecular formula is C28H31NO6. The van der Waals surface area contributed by atoms with Crippen LogP contribution in [0.3, 0.4) is 0 Å². The van der Waals surface area contributed by atoms with Gasteiger partial charge in [0.15, 0.2) is 0 Å². The van der Waals surface area contributed by atoms with Crippen LogP contribution in [-0.2, 0) is 25.7 Å². The van der Waals surface area contributed by atoms with E-state index < -0.39 is 0 Å². The molecule has 2 fully saturated rings. The Labute approximate surface area is 205 Å². The fourth-order valence-corrected chi connectivity index (χ4v) is 5.84. The number of aliphatic hydroxyl groups excluding tert-OH is 1. The molecule has 35 heavy (non-hydrogen) atoms. The summed E-state index contributed by atoms with van der Waals surface area (Å²) in [6.07, 6.45) is 3.98. The lowest BCUT2D eigenvalue weighted by molar-refractivity contribution is -0.122. The average Bonchev–Trinajstić information content (AvgIpc) is 3.55. The Balaban J connectivity index is 1.36. The number of para-hydroxylation sites is 1. The first-order valence-corrected chi connectivity index (χ1v) is 12.1. The number of nitrogens with zero attached hydrogens (tertiary/aromatic N) is 1. The van der Waals surface area contributed by atoms with Gasteiger partial charge >= 0.3 is 0 Å². The van der Waals surface area contributed by atoms with Gasteiger partial charge in [-0.1, -0.05) is 23.8 Å². The minimum absolute atomic E-state index is 0.101. The Morgan fingerprint density at radius 2 is 1.94 bits per heavy atom. The zero-order valence-corrected chi connectivity index (χ0v) is 20.1. The number of hydrogen-bond acceptors (Lipinski definition) is 6. The summed E-state index contributed by atoms with van der Waals surface area (Å²) >= 11 is 0. The van der Waals surface area contributed by atoms with Crippen molar-refractivity contribution in [1.29, 1.82) is 0 Å². The van der Waals surface area contributed by atoms with Crippen LogP contribution in [0.4, 0.5) is 5.69 Å². The molecule has 1 N–H and O–H groups in total. The number of carbonyl (C=O) groups excluding carboxylic acids is 2. The van der Waals surface area contributed by atoms with E-state index in [0.717, 1.165) is 29.6 Å². The van der Waals surface area contributed by atoms with Crippen LogP contribution >= 0.6 is 0 Å². The topological polar surface area (TPSA) is 89.2 Å². The zero-order valence-electron chi connectivity index (χ0n) is 20.1. The molecule has 0 spiro atoms. The van der Waals surface area contributed by atoms with Gasteiger partial charge in [0.05, 0.1) is 36.8 Å². The van der Waals surface area contributed by atoms with E-state index >= 15 is 0 Å². The highest BCUT2D eigenvalue weighted by molar-refractivity contribution is 6.22. The number of imide groups is 1. The second-order valence-electron chi connectivity index (χ2n) is 9.60. The number of allylic oxidation sites excluding steroid dienone is 1. The van der Waals surface area contributed by atoms with Gasteiger partial charge in [-0.25, -0.2) is 0 Å². The maximum absolute atomic E-state index is 13.5. The third-order valence-corrected chi connectivity index (χ3v) is 7.37. The van der Waals surface area contributed by atoms with Gasteiger partial charge in [0.2, 0.25) is 11.8 Å². The zero-order chi connectivity index (χ0) is 24.5. The molecule has 5 rings (SSSR count). The van der Waals surface area contributed by atoms with Crippen molar-refractivity contribution in [2.75, 3.05) is 25.2 Å². The van der Waals surface area contributed by atoms with Crippen LogP contribution in [0, 0.1) is 17.8 Å². The highest BCUT2D eigenvalue weighted by atomic mass is 16.5. The van der Waals surface area contributed by atoms with E-state index in [9.17, 15) is 14.7 Å². The smallest absolute Gasteiger partial charge is 0.238 e. The van der Waals surface area contributed by atoms with Crippen LogP contribution < -0.4 is 4.90 Å². The quantitative estimate of drug-likeness (QED) is 0.454. The number of anilines is 1. The van der Waals surface area contributed by atoms with Gasteiger partial charge in [0, 0.05) is 13.0 Å².